The van der Waals surface area contributed by atoms with Crippen LogP contribution in [0.4, 0.5) is 20.2 Å². The number of rotatable bonds is 5. The van der Waals surface area contributed by atoms with Crippen molar-refractivity contribution in [2.45, 2.75) is 0 Å². The van der Waals surface area contributed by atoms with E-state index in [1.54, 1.807) is 24.3 Å². The highest BCUT2D eigenvalue weighted by Gasteiger charge is 2.14. The Bertz CT molecular complexity index is 1040. The summed E-state index contributed by atoms with van der Waals surface area (Å²) in [5.74, 6) is -2.75. The number of aromatic nitrogens is 1. The van der Waals surface area contributed by atoms with Crippen LogP contribution in [0.25, 0.3) is 0 Å². The standard InChI is InChI=1S/C20H15F2N3O3/c1-28-18-5-3-2-4-16(18)25-19(26)12-8-9-23-17(10-12)20(27)24-13-6-7-14(21)15(22)11-13/h2-11H,1H3,(H,24,27)(H,25,26). The molecule has 0 radical (unpaired) electrons. The molecular weight excluding hydrogens is 368 g/mol. The highest BCUT2D eigenvalue weighted by molar-refractivity contribution is 6.08. The predicted molar refractivity (Wildman–Crippen MR) is 99.5 cm³/mol. The summed E-state index contributed by atoms with van der Waals surface area (Å²) in [7, 11) is 1.48. The molecule has 0 bridgehead atoms. The Morgan fingerprint density at radius 2 is 1.71 bits per heavy atom. The summed E-state index contributed by atoms with van der Waals surface area (Å²) in [6, 6.07) is 12.6. The van der Waals surface area contributed by atoms with Crippen molar-refractivity contribution in [3.05, 3.63) is 83.7 Å². The zero-order valence-corrected chi connectivity index (χ0v) is 14.7. The van der Waals surface area contributed by atoms with Crippen molar-refractivity contribution in [3.8, 4) is 5.75 Å². The number of carbonyl (C=O) groups excluding carboxylic acids is 2. The van der Waals surface area contributed by atoms with E-state index in [0.29, 0.717) is 11.4 Å². The summed E-state index contributed by atoms with van der Waals surface area (Å²) in [4.78, 5) is 28.7. The van der Waals surface area contributed by atoms with Crippen LogP contribution in [0, 0.1) is 11.6 Å². The zero-order chi connectivity index (χ0) is 20.1. The summed E-state index contributed by atoms with van der Waals surface area (Å²) in [6.07, 6.45) is 1.30. The maximum atomic E-state index is 13.3. The van der Waals surface area contributed by atoms with Gasteiger partial charge in [-0.25, -0.2) is 8.78 Å². The molecular formula is C20H15F2N3O3. The van der Waals surface area contributed by atoms with Gasteiger partial charge in [-0.15, -0.1) is 0 Å². The van der Waals surface area contributed by atoms with Crippen molar-refractivity contribution >= 4 is 23.2 Å². The quantitative estimate of drug-likeness (QED) is 0.701. The summed E-state index contributed by atoms with van der Waals surface area (Å²) in [6.45, 7) is 0. The lowest BCUT2D eigenvalue weighted by atomic mass is 10.2. The number of amides is 2. The van der Waals surface area contributed by atoms with Crippen molar-refractivity contribution in [2.24, 2.45) is 0 Å². The van der Waals surface area contributed by atoms with E-state index in [9.17, 15) is 18.4 Å². The topological polar surface area (TPSA) is 80.3 Å². The van der Waals surface area contributed by atoms with Gasteiger partial charge in [0.1, 0.15) is 11.4 Å². The highest BCUT2D eigenvalue weighted by atomic mass is 19.2. The molecule has 142 valence electrons. The van der Waals surface area contributed by atoms with E-state index >= 15 is 0 Å². The van der Waals surface area contributed by atoms with Crippen molar-refractivity contribution < 1.29 is 23.1 Å². The van der Waals surface area contributed by atoms with E-state index in [1.807, 2.05) is 0 Å². The van der Waals surface area contributed by atoms with E-state index in [4.69, 9.17) is 4.74 Å². The molecule has 0 saturated carbocycles. The molecule has 1 aromatic heterocycles. The minimum Gasteiger partial charge on any atom is -0.495 e. The molecule has 0 unspecified atom stereocenters. The monoisotopic (exact) mass is 383 g/mol. The maximum Gasteiger partial charge on any atom is 0.274 e. The first-order chi connectivity index (χ1) is 13.5. The van der Waals surface area contributed by atoms with Crippen LogP contribution < -0.4 is 15.4 Å². The number of carbonyl (C=O) groups is 2. The number of pyridine rings is 1. The number of hydrogen-bond acceptors (Lipinski definition) is 4. The number of halogens is 2. The van der Waals surface area contributed by atoms with Gasteiger partial charge in [-0.2, -0.15) is 0 Å². The number of methoxy groups -OCH3 is 1. The molecule has 2 aromatic carbocycles. The normalized spacial score (nSPS) is 10.2. The first-order valence-corrected chi connectivity index (χ1v) is 8.15. The average molecular weight is 383 g/mol. The van der Waals surface area contributed by atoms with Gasteiger partial charge < -0.3 is 15.4 Å². The molecule has 2 N–H and O–H groups in total. The Hall–Kier alpha value is -3.81. The van der Waals surface area contributed by atoms with Gasteiger partial charge in [-0.05, 0) is 36.4 Å². The zero-order valence-electron chi connectivity index (χ0n) is 14.7. The van der Waals surface area contributed by atoms with Gasteiger partial charge in [0.25, 0.3) is 11.8 Å². The van der Waals surface area contributed by atoms with Crippen LogP contribution >= 0.6 is 0 Å². The van der Waals surface area contributed by atoms with Crippen LogP contribution in [-0.4, -0.2) is 23.9 Å². The van der Waals surface area contributed by atoms with Crippen LogP contribution in [0.1, 0.15) is 20.8 Å². The van der Waals surface area contributed by atoms with Gasteiger partial charge >= 0.3 is 0 Å². The largest absolute Gasteiger partial charge is 0.495 e. The molecule has 28 heavy (non-hydrogen) atoms. The number of nitrogens with zero attached hydrogens (tertiary/aromatic N) is 1. The first kappa shape index (κ1) is 19.0. The fourth-order valence-electron chi connectivity index (χ4n) is 2.41. The molecule has 0 saturated heterocycles. The third-order valence-corrected chi connectivity index (χ3v) is 3.79. The van der Waals surface area contributed by atoms with Crippen molar-refractivity contribution in [3.63, 3.8) is 0 Å². The number of ether oxygens (including phenoxy) is 1. The second-order valence-electron chi connectivity index (χ2n) is 5.67. The minimum absolute atomic E-state index is 0.0580. The van der Waals surface area contributed by atoms with Gasteiger partial charge in [0.05, 0.1) is 12.8 Å². The molecule has 3 aromatic rings. The average Bonchev–Trinajstić information content (AvgIpc) is 2.71. The number of benzene rings is 2. The van der Waals surface area contributed by atoms with Gasteiger partial charge in [-0.3, -0.25) is 14.6 Å². The van der Waals surface area contributed by atoms with Crippen LogP contribution in [-0.2, 0) is 0 Å². The van der Waals surface area contributed by atoms with Crippen molar-refractivity contribution in [1.82, 2.24) is 4.98 Å². The summed E-state index contributed by atoms with van der Waals surface area (Å²) in [5, 5.41) is 5.09. The Morgan fingerprint density at radius 3 is 2.46 bits per heavy atom. The van der Waals surface area contributed by atoms with Gasteiger partial charge in [0, 0.05) is 23.5 Å². The lowest BCUT2D eigenvalue weighted by molar-refractivity contribution is 0.102. The smallest absolute Gasteiger partial charge is 0.274 e. The van der Waals surface area contributed by atoms with Crippen molar-refractivity contribution in [2.75, 3.05) is 17.7 Å². The fraction of sp³-hybridized carbons (Fsp3) is 0.0500. The first-order valence-electron chi connectivity index (χ1n) is 8.15. The van der Waals surface area contributed by atoms with Crippen LogP contribution in [0.5, 0.6) is 5.75 Å². The summed E-state index contributed by atoms with van der Waals surface area (Å²) < 4.78 is 31.4. The Balaban J connectivity index is 1.76. The van der Waals surface area contributed by atoms with Crippen LogP contribution in [0.3, 0.4) is 0 Å². The second-order valence-corrected chi connectivity index (χ2v) is 5.67. The SMILES string of the molecule is COc1ccccc1NC(=O)c1ccnc(C(=O)Nc2ccc(F)c(F)c2)c1. The molecule has 6 nitrogen and oxygen atoms in total. The van der Waals surface area contributed by atoms with Crippen LogP contribution in [0.2, 0.25) is 0 Å². The second kappa shape index (κ2) is 8.26. The Labute approximate surface area is 159 Å². The highest BCUT2D eigenvalue weighted by Crippen LogP contribution is 2.23. The van der Waals surface area contributed by atoms with E-state index in [1.165, 1.54) is 31.5 Å². The van der Waals surface area contributed by atoms with E-state index in [-0.39, 0.29) is 16.9 Å². The number of anilines is 2. The number of nitrogens with one attached hydrogen (secondary N) is 2. The van der Waals surface area contributed by atoms with E-state index < -0.39 is 23.4 Å². The van der Waals surface area contributed by atoms with Crippen LogP contribution in [0.15, 0.2) is 60.8 Å². The minimum atomic E-state index is -1.09. The summed E-state index contributed by atoms with van der Waals surface area (Å²) in [5.41, 5.74) is 0.669. The molecule has 0 aliphatic carbocycles. The molecule has 0 aliphatic heterocycles. The fourth-order valence-corrected chi connectivity index (χ4v) is 2.41. The predicted octanol–water partition coefficient (Wildman–Crippen LogP) is 3.87. The third-order valence-electron chi connectivity index (χ3n) is 3.79. The number of para-hydroxylation sites is 2. The number of hydrogen-bond donors (Lipinski definition) is 2. The lowest BCUT2D eigenvalue weighted by Gasteiger charge is -2.10. The maximum absolute atomic E-state index is 13.3. The molecule has 3 rings (SSSR count). The van der Waals surface area contributed by atoms with Crippen molar-refractivity contribution in [1.29, 1.82) is 0 Å². The molecule has 2 amide bonds. The Morgan fingerprint density at radius 1 is 0.929 bits per heavy atom. The lowest BCUT2D eigenvalue weighted by Crippen LogP contribution is -2.17. The summed E-state index contributed by atoms with van der Waals surface area (Å²) >= 11 is 0. The third kappa shape index (κ3) is 4.29. The molecule has 1 heterocycles. The molecule has 0 aliphatic rings. The van der Waals surface area contributed by atoms with E-state index in [2.05, 4.69) is 15.6 Å². The van der Waals surface area contributed by atoms with Gasteiger partial charge in [0.15, 0.2) is 11.6 Å². The molecule has 0 atom stereocenters. The molecule has 0 fully saturated rings. The van der Waals surface area contributed by atoms with E-state index in [0.717, 1.165) is 12.1 Å². The molecule has 8 heteroatoms. The Kier molecular flexibility index (Phi) is 5.59. The molecule has 0 spiro atoms. The van der Waals surface area contributed by atoms with Gasteiger partial charge in [0.2, 0.25) is 0 Å². The van der Waals surface area contributed by atoms with Gasteiger partial charge in [-0.1, -0.05) is 12.1 Å².